The van der Waals surface area contributed by atoms with Crippen LogP contribution >= 0.6 is 22.6 Å². The number of aryl methyl sites for hydroxylation is 3. The van der Waals surface area contributed by atoms with Crippen molar-refractivity contribution in [3.8, 4) is 29.4 Å². The SMILES string of the molecule is C#Cc1nn(C2CCCCO2)c2ccc(-c3cnn(C)c3CN(C(=O)OC(C)(C)C)C(C)COc3c(I)c(C)nn3C)cc12. The number of hydrogen-bond acceptors (Lipinski definition) is 7. The highest BCUT2D eigenvalue weighted by atomic mass is 127. The third-order valence-electron chi connectivity index (χ3n) is 7.68. The number of hydrogen-bond donors (Lipinski definition) is 0. The second-order valence-electron chi connectivity index (χ2n) is 12.2. The Balaban J connectivity index is 1.47. The molecule has 1 aliphatic rings. The molecule has 2 unspecified atom stereocenters. The van der Waals surface area contributed by atoms with Crippen LogP contribution in [0, 0.1) is 22.8 Å². The minimum Gasteiger partial charge on any atom is -0.475 e. The average molecular weight is 714 g/mol. The van der Waals surface area contributed by atoms with Gasteiger partial charge in [-0.05, 0) is 100 Å². The Bertz CT molecular complexity index is 1700. The van der Waals surface area contributed by atoms with Crippen LogP contribution < -0.4 is 4.74 Å². The number of benzene rings is 1. The van der Waals surface area contributed by atoms with E-state index in [0.717, 1.165) is 56.3 Å². The van der Waals surface area contributed by atoms with Gasteiger partial charge in [0, 0.05) is 31.7 Å². The Kier molecular flexibility index (Phi) is 9.27. The molecule has 0 radical (unpaired) electrons. The summed E-state index contributed by atoms with van der Waals surface area (Å²) < 4.78 is 24.4. The Hall–Kier alpha value is -3.57. The van der Waals surface area contributed by atoms with Gasteiger partial charge in [0.2, 0.25) is 5.88 Å². The number of carbonyl (C=O) groups excluding carboxylic acids is 1. The normalized spacial score (nSPS) is 16.1. The van der Waals surface area contributed by atoms with E-state index in [-0.39, 0.29) is 25.4 Å². The minimum atomic E-state index is -0.668. The third kappa shape index (κ3) is 6.58. The molecule has 1 saturated heterocycles. The topological polar surface area (TPSA) is 101 Å². The summed E-state index contributed by atoms with van der Waals surface area (Å²) in [6.07, 6.45) is 10.2. The summed E-state index contributed by atoms with van der Waals surface area (Å²) in [6.45, 7) is 10.7. The van der Waals surface area contributed by atoms with Crippen molar-refractivity contribution in [2.45, 2.75) is 78.3 Å². The lowest BCUT2D eigenvalue weighted by Crippen LogP contribution is -2.44. The number of halogens is 1. The first-order valence-electron chi connectivity index (χ1n) is 14.8. The second kappa shape index (κ2) is 12.8. The summed E-state index contributed by atoms with van der Waals surface area (Å²) in [7, 11) is 3.72. The van der Waals surface area contributed by atoms with Crippen LogP contribution in [0.5, 0.6) is 5.88 Å². The van der Waals surface area contributed by atoms with E-state index in [2.05, 4.69) is 38.7 Å². The third-order valence-corrected chi connectivity index (χ3v) is 8.93. The van der Waals surface area contributed by atoms with Gasteiger partial charge in [-0.3, -0.25) is 9.58 Å². The minimum absolute atomic E-state index is 0.127. The number of nitrogens with zero attached hydrogens (tertiary/aromatic N) is 7. The van der Waals surface area contributed by atoms with Crippen LogP contribution in [0.15, 0.2) is 24.4 Å². The van der Waals surface area contributed by atoms with E-state index in [1.807, 2.05) is 77.8 Å². The zero-order valence-electron chi connectivity index (χ0n) is 26.4. The monoisotopic (exact) mass is 713 g/mol. The van der Waals surface area contributed by atoms with Crippen molar-refractivity contribution in [3.63, 3.8) is 0 Å². The fourth-order valence-electron chi connectivity index (χ4n) is 5.38. The van der Waals surface area contributed by atoms with Gasteiger partial charge in [-0.2, -0.15) is 15.3 Å². The Labute approximate surface area is 272 Å². The molecule has 0 spiro atoms. The maximum absolute atomic E-state index is 13.6. The predicted octanol–water partition coefficient (Wildman–Crippen LogP) is 5.97. The van der Waals surface area contributed by atoms with Crippen molar-refractivity contribution >= 4 is 39.6 Å². The fourth-order valence-corrected chi connectivity index (χ4v) is 6.00. The first-order chi connectivity index (χ1) is 20.9. The first kappa shape index (κ1) is 31.8. The van der Waals surface area contributed by atoms with Gasteiger partial charge in [0.15, 0.2) is 6.23 Å². The second-order valence-corrected chi connectivity index (χ2v) is 13.3. The summed E-state index contributed by atoms with van der Waals surface area (Å²) in [6, 6.07) is 5.80. The molecule has 5 rings (SSSR count). The molecule has 3 aromatic heterocycles. The molecule has 0 bridgehead atoms. The maximum atomic E-state index is 13.6. The van der Waals surface area contributed by atoms with E-state index in [0.29, 0.717) is 18.2 Å². The largest absolute Gasteiger partial charge is 0.475 e. The first-order valence-corrected chi connectivity index (χ1v) is 15.9. The van der Waals surface area contributed by atoms with Crippen molar-refractivity contribution in [3.05, 3.63) is 45.0 Å². The van der Waals surface area contributed by atoms with Crippen LogP contribution in [0.4, 0.5) is 4.79 Å². The highest BCUT2D eigenvalue weighted by Gasteiger charge is 2.30. The lowest BCUT2D eigenvalue weighted by Gasteiger charge is -2.32. The van der Waals surface area contributed by atoms with Gasteiger partial charge < -0.3 is 14.2 Å². The molecule has 11 nitrogen and oxygen atoms in total. The van der Waals surface area contributed by atoms with E-state index in [1.54, 1.807) is 14.3 Å². The Morgan fingerprint density at radius 3 is 2.66 bits per heavy atom. The van der Waals surface area contributed by atoms with Crippen molar-refractivity contribution in [1.82, 2.24) is 34.2 Å². The zero-order valence-corrected chi connectivity index (χ0v) is 28.6. The van der Waals surface area contributed by atoms with E-state index in [1.165, 1.54) is 0 Å². The molecule has 0 N–H and O–H groups in total. The summed E-state index contributed by atoms with van der Waals surface area (Å²) in [5.74, 6) is 3.41. The number of amides is 1. The fraction of sp³-hybridized carbons (Fsp3) is 0.500. The molecule has 1 amide bonds. The molecule has 1 aliphatic heterocycles. The highest BCUT2D eigenvalue weighted by Crippen LogP contribution is 2.33. The van der Waals surface area contributed by atoms with E-state index >= 15 is 0 Å². The van der Waals surface area contributed by atoms with Crippen LogP contribution in [0.25, 0.3) is 22.0 Å². The van der Waals surface area contributed by atoms with Crippen LogP contribution in [-0.4, -0.2) is 65.2 Å². The molecule has 4 aromatic rings. The van der Waals surface area contributed by atoms with Gasteiger partial charge in [-0.1, -0.05) is 6.07 Å². The number of ether oxygens (including phenoxy) is 3. The quantitative estimate of drug-likeness (QED) is 0.164. The van der Waals surface area contributed by atoms with Crippen LogP contribution in [0.1, 0.15) is 70.3 Å². The van der Waals surface area contributed by atoms with Gasteiger partial charge in [0.25, 0.3) is 0 Å². The number of terminal acetylenes is 1. The number of rotatable bonds is 8. The molecule has 234 valence electrons. The van der Waals surface area contributed by atoms with Crippen molar-refractivity contribution < 1.29 is 19.0 Å². The Morgan fingerprint density at radius 1 is 1.25 bits per heavy atom. The predicted molar refractivity (Wildman–Crippen MR) is 176 cm³/mol. The summed E-state index contributed by atoms with van der Waals surface area (Å²) in [4.78, 5) is 15.3. The molecule has 4 heterocycles. The number of fused-ring (bicyclic) bond motifs is 1. The average Bonchev–Trinajstić information content (AvgIpc) is 3.61. The smallest absolute Gasteiger partial charge is 0.411 e. The molecular weight excluding hydrogens is 673 g/mol. The van der Waals surface area contributed by atoms with Crippen LogP contribution in [-0.2, 0) is 30.1 Å². The number of carbonyl (C=O) groups is 1. The number of aromatic nitrogens is 6. The molecule has 1 fully saturated rings. The zero-order chi connectivity index (χ0) is 31.8. The lowest BCUT2D eigenvalue weighted by molar-refractivity contribution is -0.0367. The Morgan fingerprint density at radius 2 is 2.02 bits per heavy atom. The molecule has 12 heteroatoms. The molecule has 44 heavy (non-hydrogen) atoms. The molecule has 1 aromatic carbocycles. The highest BCUT2D eigenvalue weighted by molar-refractivity contribution is 14.1. The van der Waals surface area contributed by atoms with Crippen LogP contribution in [0.2, 0.25) is 0 Å². The lowest BCUT2D eigenvalue weighted by atomic mass is 10.0. The van der Waals surface area contributed by atoms with E-state index in [9.17, 15) is 4.79 Å². The molecule has 0 saturated carbocycles. The molecular formula is C32H40IN7O4. The summed E-state index contributed by atoms with van der Waals surface area (Å²) >= 11 is 2.23. The van der Waals surface area contributed by atoms with Gasteiger partial charge in [-0.25, -0.2) is 14.2 Å². The van der Waals surface area contributed by atoms with Gasteiger partial charge in [0.05, 0.1) is 39.3 Å². The van der Waals surface area contributed by atoms with E-state index < -0.39 is 11.7 Å². The van der Waals surface area contributed by atoms with Gasteiger partial charge >= 0.3 is 6.09 Å². The summed E-state index contributed by atoms with van der Waals surface area (Å²) in [5, 5.41) is 14.6. The molecule has 2 atom stereocenters. The van der Waals surface area contributed by atoms with Crippen molar-refractivity contribution in [2.24, 2.45) is 14.1 Å². The van der Waals surface area contributed by atoms with Crippen molar-refractivity contribution in [1.29, 1.82) is 0 Å². The maximum Gasteiger partial charge on any atom is 0.411 e. The van der Waals surface area contributed by atoms with Gasteiger partial charge in [0.1, 0.15) is 17.9 Å². The van der Waals surface area contributed by atoms with Crippen molar-refractivity contribution in [2.75, 3.05) is 13.2 Å². The molecule has 0 aliphatic carbocycles. The standard InChI is InChI=1S/C32H40IN7O4/c1-9-25-23-16-22(13-14-26(23)40(36-25)28-12-10-11-15-42-28)24-17-34-37(7)27(24)18-39(31(41)44-32(4,5)6)20(2)19-43-30-29(33)21(3)35-38(30)8/h1,13-14,16-17,20,28H,10-12,15,18-19H2,2-8H3. The van der Waals surface area contributed by atoms with E-state index in [4.69, 9.17) is 25.7 Å². The summed E-state index contributed by atoms with van der Waals surface area (Å²) in [5.41, 5.74) is 4.38. The van der Waals surface area contributed by atoms with Crippen LogP contribution in [0.3, 0.4) is 0 Å². The van der Waals surface area contributed by atoms with Gasteiger partial charge in [-0.15, -0.1) is 6.42 Å².